The smallest absolute Gasteiger partial charge is 0.161 e. The van der Waals surface area contributed by atoms with Gasteiger partial charge in [0.1, 0.15) is 0 Å². The summed E-state index contributed by atoms with van der Waals surface area (Å²) in [4.78, 5) is 0. The second-order valence-electron chi connectivity index (χ2n) is 3.38. The third-order valence-corrected chi connectivity index (χ3v) is 2.37. The average molecular weight is 209 g/mol. The third kappa shape index (κ3) is 2.63. The Kier molecular flexibility index (Phi) is 4.43. The number of aryl methyl sites for hydroxylation is 2. The van der Waals surface area contributed by atoms with E-state index in [0.29, 0.717) is 0 Å². The lowest BCUT2D eigenvalue weighted by molar-refractivity contribution is 0.353. The van der Waals surface area contributed by atoms with Crippen LogP contribution in [0, 0.1) is 0 Å². The molecule has 15 heavy (non-hydrogen) atoms. The highest BCUT2D eigenvalue weighted by atomic mass is 16.5. The number of benzene rings is 1. The summed E-state index contributed by atoms with van der Waals surface area (Å²) in [6.07, 6.45) is 2.35. The van der Waals surface area contributed by atoms with Gasteiger partial charge in [0.25, 0.3) is 0 Å². The van der Waals surface area contributed by atoms with Crippen LogP contribution in [0.15, 0.2) is 12.1 Å². The van der Waals surface area contributed by atoms with Crippen LogP contribution < -0.4 is 15.2 Å². The number of nitrogens with two attached hydrogens (primary N) is 1. The molecule has 0 atom stereocenters. The number of hydrogen-bond acceptors (Lipinski definition) is 3. The summed E-state index contributed by atoms with van der Waals surface area (Å²) in [6.45, 7) is 2.65. The Morgan fingerprint density at radius 3 is 1.60 bits per heavy atom. The van der Waals surface area contributed by atoms with Crippen molar-refractivity contribution in [1.29, 1.82) is 0 Å². The molecular weight excluding hydrogens is 190 g/mol. The van der Waals surface area contributed by atoms with Crippen molar-refractivity contribution in [2.24, 2.45) is 5.73 Å². The molecule has 0 fully saturated rings. The number of rotatable bonds is 2. The van der Waals surface area contributed by atoms with Crippen LogP contribution >= 0.6 is 0 Å². The summed E-state index contributed by atoms with van der Waals surface area (Å²) in [5.41, 5.74) is 7.64. The molecule has 0 aromatic heterocycles. The second-order valence-corrected chi connectivity index (χ2v) is 3.38. The van der Waals surface area contributed by atoms with Gasteiger partial charge in [-0.3, -0.25) is 0 Å². The molecule has 2 rings (SSSR count). The van der Waals surface area contributed by atoms with Gasteiger partial charge < -0.3 is 15.2 Å². The van der Waals surface area contributed by atoms with Crippen LogP contribution in [-0.2, 0) is 12.8 Å². The lowest BCUT2D eigenvalue weighted by Gasteiger charge is -2.20. The van der Waals surface area contributed by atoms with Gasteiger partial charge in [0, 0.05) is 0 Å². The Labute approximate surface area is 91.2 Å². The summed E-state index contributed by atoms with van der Waals surface area (Å²) < 4.78 is 10.4. The predicted molar refractivity (Wildman–Crippen MR) is 61.7 cm³/mol. The Hall–Kier alpha value is -1.22. The second kappa shape index (κ2) is 5.61. The summed E-state index contributed by atoms with van der Waals surface area (Å²) in [6, 6.07) is 4.13. The normalized spacial score (nSPS) is 11.7. The fraction of sp³-hybridized carbons (Fsp3) is 0.500. The summed E-state index contributed by atoms with van der Waals surface area (Å²) >= 11 is 0. The Bertz CT molecular complexity index is 293. The molecule has 3 heteroatoms. The van der Waals surface area contributed by atoms with Crippen molar-refractivity contribution in [3.05, 3.63) is 23.3 Å². The van der Waals surface area contributed by atoms with E-state index in [-0.39, 0.29) is 0 Å². The van der Waals surface area contributed by atoms with Gasteiger partial charge in [0.15, 0.2) is 11.5 Å². The summed E-state index contributed by atoms with van der Waals surface area (Å²) in [5, 5.41) is 0. The first-order valence-corrected chi connectivity index (χ1v) is 5.20. The molecule has 0 aliphatic heterocycles. The standard InChI is InChI=1S/C10H12O2.C2H7N/c1-11-9-5-7-3-4-8(7)6-10(9)12-2;1-2-3/h5-6H,3-4H2,1-2H3;2-3H2,1H3. The maximum Gasteiger partial charge on any atom is 0.161 e. The van der Waals surface area contributed by atoms with Crippen molar-refractivity contribution in [2.45, 2.75) is 19.8 Å². The Morgan fingerprint density at radius 1 is 1.07 bits per heavy atom. The number of hydrogen-bond donors (Lipinski definition) is 1. The molecule has 0 heterocycles. The SMILES string of the molecule is CCN.COc1cc2c(cc1OC)CC2. The first-order valence-electron chi connectivity index (χ1n) is 5.20. The van der Waals surface area contributed by atoms with Crippen molar-refractivity contribution < 1.29 is 9.47 Å². The molecule has 0 amide bonds. The van der Waals surface area contributed by atoms with Crippen LogP contribution in [0.3, 0.4) is 0 Å². The van der Waals surface area contributed by atoms with Crippen molar-refractivity contribution in [1.82, 2.24) is 0 Å². The van der Waals surface area contributed by atoms with E-state index in [1.807, 2.05) is 6.92 Å². The molecule has 1 aliphatic carbocycles. The van der Waals surface area contributed by atoms with Crippen LogP contribution in [0.4, 0.5) is 0 Å². The van der Waals surface area contributed by atoms with Crippen LogP contribution in [0.25, 0.3) is 0 Å². The summed E-state index contributed by atoms with van der Waals surface area (Å²) in [5.74, 6) is 1.69. The van der Waals surface area contributed by atoms with E-state index in [0.717, 1.165) is 18.0 Å². The van der Waals surface area contributed by atoms with Crippen LogP contribution in [-0.4, -0.2) is 20.8 Å². The van der Waals surface area contributed by atoms with E-state index < -0.39 is 0 Å². The quantitative estimate of drug-likeness (QED) is 0.807. The van der Waals surface area contributed by atoms with Gasteiger partial charge in [-0.2, -0.15) is 0 Å². The highest BCUT2D eigenvalue weighted by molar-refractivity contribution is 5.50. The maximum absolute atomic E-state index is 5.18. The first kappa shape index (κ1) is 11.9. The monoisotopic (exact) mass is 209 g/mol. The lowest BCUT2D eigenvalue weighted by atomic mass is 9.88. The number of ether oxygens (including phenoxy) is 2. The largest absolute Gasteiger partial charge is 0.493 e. The van der Waals surface area contributed by atoms with E-state index in [2.05, 4.69) is 12.1 Å². The highest BCUT2D eigenvalue weighted by Crippen LogP contribution is 2.35. The zero-order valence-electron chi connectivity index (χ0n) is 9.67. The van der Waals surface area contributed by atoms with Crippen LogP contribution in [0.5, 0.6) is 11.5 Å². The average Bonchev–Trinajstić information content (AvgIpc) is 2.21. The van der Waals surface area contributed by atoms with E-state index in [9.17, 15) is 0 Å². The minimum Gasteiger partial charge on any atom is -0.493 e. The van der Waals surface area contributed by atoms with Crippen LogP contribution in [0.1, 0.15) is 18.1 Å². The molecule has 0 unspecified atom stereocenters. The van der Waals surface area contributed by atoms with Gasteiger partial charge in [-0.15, -0.1) is 0 Å². The van der Waals surface area contributed by atoms with Gasteiger partial charge in [-0.1, -0.05) is 6.92 Å². The topological polar surface area (TPSA) is 44.5 Å². The maximum atomic E-state index is 5.18. The molecule has 1 aliphatic rings. The van der Waals surface area contributed by atoms with Gasteiger partial charge in [0.05, 0.1) is 14.2 Å². The van der Waals surface area contributed by atoms with Gasteiger partial charge in [0.2, 0.25) is 0 Å². The third-order valence-electron chi connectivity index (χ3n) is 2.37. The van der Waals surface area contributed by atoms with E-state index in [4.69, 9.17) is 15.2 Å². The molecule has 2 N–H and O–H groups in total. The molecule has 0 spiro atoms. The molecular formula is C12H19NO2. The van der Waals surface area contributed by atoms with Crippen molar-refractivity contribution in [2.75, 3.05) is 20.8 Å². The molecule has 1 aromatic carbocycles. The van der Waals surface area contributed by atoms with Gasteiger partial charge in [-0.05, 0) is 42.6 Å². The van der Waals surface area contributed by atoms with Crippen molar-refractivity contribution in [3.8, 4) is 11.5 Å². The minimum atomic E-state index is 0.750. The zero-order valence-corrected chi connectivity index (χ0v) is 9.67. The molecule has 0 saturated carbocycles. The minimum absolute atomic E-state index is 0.750. The molecule has 0 bridgehead atoms. The van der Waals surface area contributed by atoms with E-state index in [1.165, 1.54) is 24.0 Å². The molecule has 84 valence electrons. The van der Waals surface area contributed by atoms with E-state index >= 15 is 0 Å². The van der Waals surface area contributed by atoms with Crippen molar-refractivity contribution in [3.63, 3.8) is 0 Å². The molecule has 0 saturated heterocycles. The Morgan fingerprint density at radius 2 is 1.40 bits per heavy atom. The summed E-state index contributed by atoms with van der Waals surface area (Å²) in [7, 11) is 3.34. The first-order chi connectivity index (χ1) is 7.26. The van der Waals surface area contributed by atoms with Crippen molar-refractivity contribution >= 4 is 0 Å². The predicted octanol–water partition coefficient (Wildman–Crippen LogP) is 1.77. The van der Waals surface area contributed by atoms with Gasteiger partial charge >= 0.3 is 0 Å². The van der Waals surface area contributed by atoms with Gasteiger partial charge in [-0.25, -0.2) is 0 Å². The lowest BCUT2D eigenvalue weighted by Crippen LogP contribution is -2.08. The zero-order chi connectivity index (χ0) is 11.3. The van der Waals surface area contributed by atoms with E-state index in [1.54, 1.807) is 14.2 Å². The number of methoxy groups -OCH3 is 2. The van der Waals surface area contributed by atoms with Crippen LogP contribution in [0.2, 0.25) is 0 Å². The molecule has 0 radical (unpaired) electrons. The molecule has 1 aromatic rings. The molecule has 3 nitrogen and oxygen atoms in total. The fourth-order valence-electron chi connectivity index (χ4n) is 1.52. The highest BCUT2D eigenvalue weighted by Gasteiger charge is 2.16. The number of fused-ring (bicyclic) bond motifs is 1. The fourth-order valence-corrected chi connectivity index (χ4v) is 1.52. The Balaban J connectivity index is 0.000000337.